The zero-order chi connectivity index (χ0) is 17.6. The molecule has 1 fully saturated rings. The molecule has 0 saturated carbocycles. The van der Waals surface area contributed by atoms with Gasteiger partial charge < -0.3 is 15.4 Å². The molecule has 3 N–H and O–H groups in total. The largest absolute Gasteiger partial charge is 0.372 e. The van der Waals surface area contributed by atoms with E-state index < -0.39 is 0 Å². The van der Waals surface area contributed by atoms with Crippen LogP contribution in [0.3, 0.4) is 0 Å². The number of hydrogen-bond donors (Lipinski definition) is 3. The summed E-state index contributed by atoms with van der Waals surface area (Å²) >= 11 is 0. The third kappa shape index (κ3) is 4.33. The van der Waals surface area contributed by atoms with Crippen LogP contribution in [0.5, 0.6) is 0 Å². The predicted octanol–water partition coefficient (Wildman–Crippen LogP) is 2.32. The van der Waals surface area contributed by atoms with Crippen LogP contribution in [0.1, 0.15) is 40.6 Å². The molecule has 1 unspecified atom stereocenters. The molecule has 0 aliphatic carbocycles. The minimum atomic E-state index is -0.243. The molecule has 1 aliphatic heterocycles. The van der Waals surface area contributed by atoms with Gasteiger partial charge in [-0.1, -0.05) is 18.7 Å². The number of anilines is 1. The van der Waals surface area contributed by atoms with Crippen molar-refractivity contribution < 1.29 is 14.3 Å². The first kappa shape index (κ1) is 16.9. The zero-order valence-electron chi connectivity index (χ0n) is 13.7. The SMILES string of the molecule is C=CC(=O)NCc1ccc(C(=O)Nc2cc(C3CCCO3)[nH]n2)cc1. The average Bonchev–Trinajstić information content (AvgIpc) is 3.31. The molecule has 1 aliphatic rings. The fraction of sp³-hybridized carbons (Fsp3) is 0.278. The molecule has 25 heavy (non-hydrogen) atoms. The highest BCUT2D eigenvalue weighted by atomic mass is 16.5. The molecule has 1 saturated heterocycles. The summed E-state index contributed by atoms with van der Waals surface area (Å²) in [7, 11) is 0. The van der Waals surface area contributed by atoms with Crippen molar-refractivity contribution in [2.45, 2.75) is 25.5 Å². The van der Waals surface area contributed by atoms with Gasteiger partial charge in [-0.2, -0.15) is 5.10 Å². The third-order valence-corrected chi connectivity index (χ3v) is 3.98. The van der Waals surface area contributed by atoms with Gasteiger partial charge in [0.1, 0.15) is 0 Å². The number of hydrogen-bond acceptors (Lipinski definition) is 4. The van der Waals surface area contributed by atoms with E-state index >= 15 is 0 Å². The van der Waals surface area contributed by atoms with E-state index in [1.165, 1.54) is 6.08 Å². The number of aromatic amines is 1. The number of ether oxygens (including phenoxy) is 1. The van der Waals surface area contributed by atoms with Gasteiger partial charge >= 0.3 is 0 Å². The van der Waals surface area contributed by atoms with Gasteiger partial charge in [-0.3, -0.25) is 14.7 Å². The first-order valence-corrected chi connectivity index (χ1v) is 8.13. The highest BCUT2D eigenvalue weighted by Crippen LogP contribution is 2.28. The molecule has 1 aromatic carbocycles. The Bertz CT molecular complexity index is 761. The molecule has 0 radical (unpaired) electrons. The van der Waals surface area contributed by atoms with E-state index in [4.69, 9.17) is 4.74 Å². The van der Waals surface area contributed by atoms with Crippen molar-refractivity contribution in [1.82, 2.24) is 15.5 Å². The Labute approximate surface area is 145 Å². The van der Waals surface area contributed by atoms with Gasteiger partial charge in [-0.15, -0.1) is 0 Å². The van der Waals surface area contributed by atoms with E-state index in [1.807, 2.05) is 0 Å². The Kier molecular flexibility index (Phi) is 5.25. The Morgan fingerprint density at radius 2 is 2.16 bits per heavy atom. The maximum absolute atomic E-state index is 12.3. The molecular weight excluding hydrogens is 320 g/mol. The van der Waals surface area contributed by atoms with Gasteiger partial charge in [0, 0.05) is 24.8 Å². The number of H-pyrrole nitrogens is 1. The number of carbonyl (C=O) groups excluding carboxylic acids is 2. The van der Waals surface area contributed by atoms with Crippen LogP contribution in [0.25, 0.3) is 0 Å². The van der Waals surface area contributed by atoms with Crippen LogP contribution >= 0.6 is 0 Å². The summed E-state index contributed by atoms with van der Waals surface area (Å²) in [6, 6.07) is 8.80. The van der Waals surface area contributed by atoms with Gasteiger partial charge in [-0.25, -0.2) is 0 Å². The van der Waals surface area contributed by atoms with Gasteiger partial charge in [0.15, 0.2) is 5.82 Å². The quantitative estimate of drug-likeness (QED) is 0.703. The van der Waals surface area contributed by atoms with E-state index in [2.05, 4.69) is 27.4 Å². The van der Waals surface area contributed by atoms with Gasteiger partial charge in [0.05, 0.1) is 11.8 Å². The fourth-order valence-electron chi connectivity index (χ4n) is 2.61. The van der Waals surface area contributed by atoms with Crippen LogP contribution in [0, 0.1) is 0 Å². The number of benzene rings is 1. The number of rotatable bonds is 6. The number of nitrogens with zero attached hydrogens (tertiary/aromatic N) is 1. The average molecular weight is 340 g/mol. The van der Waals surface area contributed by atoms with E-state index in [-0.39, 0.29) is 17.9 Å². The summed E-state index contributed by atoms with van der Waals surface area (Å²) < 4.78 is 5.58. The Hall–Kier alpha value is -2.93. The molecule has 2 aromatic rings. The molecule has 7 nitrogen and oxygen atoms in total. The molecule has 3 rings (SSSR count). The lowest BCUT2D eigenvalue weighted by Gasteiger charge is -2.05. The second-order valence-electron chi connectivity index (χ2n) is 5.78. The fourth-order valence-corrected chi connectivity index (χ4v) is 2.61. The van der Waals surface area contributed by atoms with Crippen LogP contribution in [0.15, 0.2) is 43.0 Å². The minimum absolute atomic E-state index is 0.0308. The van der Waals surface area contributed by atoms with Crippen molar-refractivity contribution in [3.05, 3.63) is 59.8 Å². The number of aromatic nitrogens is 2. The number of carbonyl (C=O) groups is 2. The maximum atomic E-state index is 12.3. The van der Waals surface area contributed by atoms with Crippen LogP contribution < -0.4 is 10.6 Å². The van der Waals surface area contributed by atoms with Crippen LogP contribution in [-0.2, 0) is 16.1 Å². The maximum Gasteiger partial charge on any atom is 0.256 e. The van der Waals surface area contributed by atoms with Crippen molar-refractivity contribution in [3.63, 3.8) is 0 Å². The highest BCUT2D eigenvalue weighted by molar-refractivity contribution is 6.03. The van der Waals surface area contributed by atoms with Gasteiger partial charge in [-0.05, 0) is 36.6 Å². The predicted molar refractivity (Wildman–Crippen MR) is 93.0 cm³/mol. The monoisotopic (exact) mass is 340 g/mol. The summed E-state index contributed by atoms with van der Waals surface area (Å²) in [6.45, 7) is 4.54. The number of nitrogens with one attached hydrogen (secondary N) is 3. The highest BCUT2D eigenvalue weighted by Gasteiger charge is 2.20. The van der Waals surface area contributed by atoms with E-state index in [0.717, 1.165) is 30.7 Å². The van der Waals surface area contributed by atoms with Crippen molar-refractivity contribution in [3.8, 4) is 0 Å². The molecule has 130 valence electrons. The summed E-state index contributed by atoms with van der Waals surface area (Å²) in [6.07, 6.45) is 3.24. The van der Waals surface area contributed by atoms with E-state index in [0.29, 0.717) is 17.9 Å². The second-order valence-corrected chi connectivity index (χ2v) is 5.78. The first-order chi connectivity index (χ1) is 12.2. The third-order valence-electron chi connectivity index (χ3n) is 3.98. The first-order valence-electron chi connectivity index (χ1n) is 8.13. The second kappa shape index (κ2) is 7.76. The van der Waals surface area contributed by atoms with Crippen molar-refractivity contribution >= 4 is 17.6 Å². The molecule has 7 heteroatoms. The van der Waals surface area contributed by atoms with Crippen LogP contribution in [-0.4, -0.2) is 28.6 Å². The lowest BCUT2D eigenvalue weighted by molar-refractivity contribution is -0.116. The zero-order valence-corrected chi connectivity index (χ0v) is 13.7. The van der Waals surface area contributed by atoms with Crippen LogP contribution in [0.4, 0.5) is 5.82 Å². The molecule has 2 amide bonds. The normalized spacial score (nSPS) is 16.4. The lowest BCUT2D eigenvalue weighted by atomic mass is 10.1. The smallest absolute Gasteiger partial charge is 0.256 e. The molecule has 2 heterocycles. The summed E-state index contributed by atoms with van der Waals surface area (Å²) in [4.78, 5) is 23.4. The summed E-state index contributed by atoms with van der Waals surface area (Å²) in [5.41, 5.74) is 2.29. The van der Waals surface area contributed by atoms with E-state index in [9.17, 15) is 9.59 Å². The lowest BCUT2D eigenvalue weighted by Crippen LogP contribution is -2.20. The van der Waals surface area contributed by atoms with Crippen molar-refractivity contribution in [2.75, 3.05) is 11.9 Å². The Morgan fingerprint density at radius 3 is 2.84 bits per heavy atom. The summed E-state index contributed by atoms with van der Waals surface area (Å²) in [5.74, 6) is -0.00714. The Balaban J connectivity index is 1.57. The van der Waals surface area contributed by atoms with Crippen LogP contribution in [0.2, 0.25) is 0 Å². The molecular formula is C18H20N4O3. The summed E-state index contributed by atoms with van der Waals surface area (Å²) in [5, 5.41) is 12.5. The minimum Gasteiger partial charge on any atom is -0.372 e. The topological polar surface area (TPSA) is 96.1 Å². The Morgan fingerprint density at radius 1 is 1.36 bits per heavy atom. The molecule has 0 spiro atoms. The molecule has 1 atom stereocenters. The standard InChI is InChI=1S/C18H20N4O3/c1-2-17(23)19-11-12-5-7-13(8-6-12)18(24)20-16-10-14(21-22-16)15-4-3-9-25-15/h2,5-8,10,15H,1,3-4,9,11H2,(H,19,23)(H2,20,21,22,24). The number of amides is 2. The van der Waals surface area contributed by atoms with E-state index in [1.54, 1.807) is 30.3 Å². The molecule has 0 bridgehead atoms. The molecule has 1 aromatic heterocycles. The van der Waals surface area contributed by atoms with Gasteiger partial charge in [0.25, 0.3) is 5.91 Å². The van der Waals surface area contributed by atoms with Gasteiger partial charge in [0.2, 0.25) is 5.91 Å². The van der Waals surface area contributed by atoms with Crippen molar-refractivity contribution in [2.24, 2.45) is 0 Å². The van der Waals surface area contributed by atoms with Crippen molar-refractivity contribution in [1.29, 1.82) is 0 Å².